The minimum absolute atomic E-state index is 0.610. The number of ether oxygens (including phenoxy) is 1. The van der Waals surface area contributed by atoms with E-state index < -0.39 is 6.98 Å². The Bertz CT molecular complexity index is 2380. The van der Waals surface area contributed by atoms with Gasteiger partial charge in [0.25, 0.3) is 0 Å². The molecule has 0 aliphatic carbocycles. The van der Waals surface area contributed by atoms with Crippen molar-refractivity contribution in [1.29, 1.82) is 0 Å². The van der Waals surface area contributed by atoms with Crippen molar-refractivity contribution in [3.05, 3.63) is 110 Å². The highest BCUT2D eigenvalue weighted by atomic mass is 16.5. The van der Waals surface area contributed by atoms with Gasteiger partial charge in [0, 0.05) is 66.7 Å². The van der Waals surface area contributed by atoms with Gasteiger partial charge in [0.05, 0.1) is 38.8 Å². The van der Waals surface area contributed by atoms with E-state index in [0.717, 1.165) is 83.5 Å². The van der Waals surface area contributed by atoms with Gasteiger partial charge in [-0.1, -0.05) is 36.4 Å². The maximum atomic E-state index is 8.23. The Morgan fingerprint density at radius 1 is 0.646 bits per heavy atom. The molecule has 48 heavy (non-hydrogen) atoms. The Labute approximate surface area is 285 Å². The molecule has 0 N–H and O–H groups in total. The van der Waals surface area contributed by atoms with Gasteiger partial charge in [0.1, 0.15) is 17.3 Å². The highest BCUT2D eigenvalue weighted by molar-refractivity contribution is 6.09. The Balaban J connectivity index is 1.10. The molecule has 2 aliphatic heterocycles. The molecular weight excluding hydrogens is 592 g/mol. The molecule has 7 aromatic rings. The summed E-state index contributed by atoms with van der Waals surface area (Å²) in [5.74, 6) is 2.22. The molecule has 3 aromatic heterocycles. The number of benzene rings is 4. The van der Waals surface area contributed by atoms with E-state index in [1.807, 2.05) is 53.2 Å². The van der Waals surface area contributed by atoms with Crippen LogP contribution in [-0.2, 0) is 6.98 Å². The van der Waals surface area contributed by atoms with Gasteiger partial charge in [-0.3, -0.25) is 4.57 Å². The molecule has 5 heterocycles. The molecule has 2 fully saturated rings. The fourth-order valence-electron chi connectivity index (χ4n) is 7.59. The first-order valence-corrected chi connectivity index (χ1v) is 17.2. The van der Waals surface area contributed by atoms with Crippen LogP contribution in [0.2, 0.25) is 0 Å². The number of rotatable bonds is 6. The lowest BCUT2D eigenvalue weighted by Crippen LogP contribution is -2.29. The van der Waals surface area contributed by atoms with Crippen LogP contribution < -0.4 is 19.1 Å². The fraction of sp³-hybridized carbons (Fsp3) is 0.268. The summed E-state index contributed by atoms with van der Waals surface area (Å²) in [6, 6.07) is 32.8. The molecule has 2 aliphatic rings. The van der Waals surface area contributed by atoms with Crippen LogP contribution in [0.15, 0.2) is 103 Å². The summed E-state index contributed by atoms with van der Waals surface area (Å²) in [7, 11) is 0. The summed E-state index contributed by atoms with van der Waals surface area (Å²) >= 11 is 0. The number of nitrogens with zero attached hydrogens (tertiary/aromatic N) is 6. The highest BCUT2D eigenvalue weighted by Crippen LogP contribution is 2.36. The van der Waals surface area contributed by atoms with Gasteiger partial charge in [-0.2, -0.15) is 0 Å². The molecule has 0 saturated carbocycles. The van der Waals surface area contributed by atoms with Gasteiger partial charge < -0.3 is 23.7 Å². The first kappa shape index (κ1) is 25.7. The molecule has 4 aromatic carbocycles. The molecule has 0 unspecified atom stereocenters. The Kier molecular flexibility index (Phi) is 6.47. The average Bonchev–Trinajstić information content (AvgIpc) is 3.72. The predicted octanol–water partition coefficient (Wildman–Crippen LogP) is 8.52. The van der Waals surface area contributed by atoms with Gasteiger partial charge >= 0.3 is 0 Å². The van der Waals surface area contributed by atoms with Crippen LogP contribution in [0.5, 0.6) is 11.5 Å². The second-order valence-electron chi connectivity index (χ2n) is 13.0. The van der Waals surface area contributed by atoms with E-state index in [9.17, 15) is 0 Å². The van der Waals surface area contributed by atoms with Crippen molar-refractivity contribution in [2.45, 2.75) is 38.5 Å². The zero-order chi connectivity index (χ0) is 34.5. The summed E-state index contributed by atoms with van der Waals surface area (Å²) in [6.07, 6.45) is 12.3. The van der Waals surface area contributed by atoms with E-state index >= 15 is 0 Å². The topological polar surface area (TPSA) is 42.3 Å². The van der Waals surface area contributed by atoms with Crippen molar-refractivity contribution in [1.82, 2.24) is 14.1 Å². The number of aromatic nitrogens is 4. The zero-order valence-electron chi connectivity index (χ0n) is 30.0. The lowest BCUT2D eigenvalue weighted by Gasteiger charge is -2.29. The van der Waals surface area contributed by atoms with E-state index in [0.29, 0.717) is 17.0 Å². The fourth-order valence-corrected chi connectivity index (χ4v) is 7.59. The number of fused-ring (bicyclic) bond motifs is 4. The quantitative estimate of drug-likeness (QED) is 0.136. The molecule has 0 radical (unpaired) electrons. The lowest BCUT2D eigenvalue weighted by molar-refractivity contribution is -0.649. The zero-order valence-corrected chi connectivity index (χ0v) is 27.0. The van der Waals surface area contributed by atoms with Crippen molar-refractivity contribution in [3.63, 3.8) is 0 Å². The SMILES string of the molecule is [2H]C([2H])([2H])[n+]1[c-]n(-c2cccc(Oc3ccc4c5ccccc5n(-c5cc(N6CCCCC6)ccn5)c4c3)c2)c2cc(N3CCCCC3)ccc21. The Morgan fingerprint density at radius 2 is 1.40 bits per heavy atom. The summed E-state index contributed by atoms with van der Waals surface area (Å²) in [6.45, 7) is 1.77. The number of aryl methyl sites for hydroxylation is 1. The lowest BCUT2D eigenvalue weighted by atomic mass is 10.1. The average molecular weight is 636 g/mol. The molecular formula is C41H40N6O. The van der Waals surface area contributed by atoms with Crippen LogP contribution in [0, 0.1) is 6.33 Å². The first-order chi connectivity index (χ1) is 24.9. The van der Waals surface area contributed by atoms with Crippen molar-refractivity contribution in [2.24, 2.45) is 6.98 Å². The van der Waals surface area contributed by atoms with E-state index in [-0.39, 0.29) is 0 Å². The molecule has 2 saturated heterocycles. The Morgan fingerprint density at radius 3 is 2.21 bits per heavy atom. The van der Waals surface area contributed by atoms with Gasteiger partial charge in [0.2, 0.25) is 6.33 Å². The largest absolute Gasteiger partial charge is 0.458 e. The van der Waals surface area contributed by atoms with E-state index in [2.05, 4.69) is 75.3 Å². The minimum Gasteiger partial charge on any atom is -0.458 e. The summed E-state index contributed by atoms with van der Waals surface area (Å²) in [5.41, 5.74) is 6.57. The van der Waals surface area contributed by atoms with Crippen LogP contribution in [0.3, 0.4) is 0 Å². The normalized spacial score (nSPS) is 16.7. The van der Waals surface area contributed by atoms with Crippen LogP contribution >= 0.6 is 0 Å². The molecule has 0 bridgehead atoms. The number of hydrogen-bond acceptors (Lipinski definition) is 4. The van der Waals surface area contributed by atoms with Gasteiger partial charge in [-0.15, -0.1) is 0 Å². The van der Waals surface area contributed by atoms with Crippen LogP contribution in [0.25, 0.3) is 44.3 Å². The molecule has 0 atom stereocenters. The third-order valence-corrected chi connectivity index (χ3v) is 10.00. The third-order valence-electron chi connectivity index (χ3n) is 10.00. The van der Waals surface area contributed by atoms with Crippen molar-refractivity contribution < 1.29 is 13.4 Å². The van der Waals surface area contributed by atoms with E-state index in [1.165, 1.54) is 35.9 Å². The number of piperidine rings is 2. The second-order valence-corrected chi connectivity index (χ2v) is 13.0. The van der Waals surface area contributed by atoms with Crippen molar-refractivity contribution in [2.75, 3.05) is 36.0 Å². The molecule has 7 heteroatoms. The van der Waals surface area contributed by atoms with Crippen LogP contribution in [0.4, 0.5) is 11.4 Å². The predicted molar refractivity (Wildman–Crippen MR) is 194 cm³/mol. The molecule has 9 rings (SSSR count). The first-order valence-electron chi connectivity index (χ1n) is 18.7. The number of pyridine rings is 1. The highest BCUT2D eigenvalue weighted by Gasteiger charge is 2.18. The van der Waals surface area contributed by atoms with Crippen molar-refractivity contribution in [3.8, 4) is 23.0 Å². The van der Waals surface area contributed by atoms with Crippen molar-refractivity contribution >= 4 is 44.2 Å². The van der Waals surface area contributed by atoms with E-state index in [1.54, 1.807) is 0 Å². The number of imidazole rings is 1. The molecule has 240 valence electrons. The Hall–Kier alpha value is -5.30. The summed E-state index contributed by atoms with van der Waals surface area (Å²) < 4.78 is 36.6. The second kappa shape index (κ2) is 12.1. The third kappa shape index (κ3) is 5.14. The molecule has 7 nitrogen and oxygen atoms in total. The van der Waals surface area contributed by atoms with Gasteiger partial charge in [-0.25, -0.2) is 4.98 Å². The molecule has 0 amide bonds. The number of hydrogen-bond donors (Lipinski definition) is 0. The smallest absolute Gasteiger partial charge is 0.244 e. The monoisotopic (exact) mass is 635 g/mol. The maximum absolute atomic E-state index is 8.23. The minimum atomic E-state index is -2.37. The van der Waals surface area contributed by atoms with Crippen LogP contribution in [0.1, 0.15) is 42.6 Å². The molecule has 0 spiro atoms. The number of anilines is 2. The van der Waals surface area contributed by atoms with Gasteiger partial charge in [-0.05, 0) is 87.1 Å². The summed E-state index contributed by atoms with van der Waals surface area (Å²) in [4.78, 5) is 9.71. The standard InChI is InChI=1S/C41H40N6O/c1-43-29-46(40-26-30(15-18-38(40)43)44-21-6-2-7-22-44)32-11-10-12-33(25-32)48-34-16-17-36-35-13-4-5-14-37(35)47(39(36)28-34)41-27-31(19-20-42-41)45-23-8-3-9-24-45/h4-5,10-20,25-28H,2-3,6-9,21-24H2,1H3/i1D3. The maximum Gasteiger partial charge on any atom is 0.244 e. The number of para-hydroxylation sites is 1. The van der Waals surface area contributed by atoms with E-state index in [4.69, 9.17) is 13.8 Å². The van der Waals surface area contributed by atoms with Gasteiger partial charge in [0.15, 0.2) is 0 Å². The van der Waals surface area contributed by atoms with Crippen LogP contribution in [-0.4, -0.2) is 40.3 Å². The summed E-state index contributed by atoms with van der Waals surface area (Å²) in [5, 5.41) is 2.29.